The third kappa shape index (κ3) is 46.0. The highest BCUT2D eigenvalue weighted by Crippen LogP contribution is 1.40. The van der Waals surface area contributed by atoms with E-state index in [-0.39, 0.29) is 11.7 Å². The first kappa shape index (κ1) is 10.6. The lowest BCUT2D eigenvalue weighted by Crippen LogP contribution is -2.34. The molecule has 0 rings (SSSR count). The molecule has 0 aromatic carbocycles. The van der Waals surface area contributed by atoms with Gasteiger partial charge >= 0.3 is 0 Å². The molecule has 0 aliphatic rings. The van der Waals surface area contributed by atoms with E-state index >= 15 is 0 Å². The van der Waals surface area contributed by atoms with Gasteiger partial charge in [-0.2, -0.15) is 0 Å². The fourth-order valence-electron chi connectivity index (χ4n) is 0. The molecule has 4 nitrogen and oxygen atoms in total. The van der Waals surface area contributed by atoms with E-state index in [0.29, 0.717) is 0 Å². The van der Waals surface area contributed by atoms with Gasteiger partial charge in [0.15, 0.2) is 5.11 Å². The molecule has 0 bridgehead atoms. The Morgan fingerprint density at radius 3 is 2.00 bits per heavy atom. The number of hydrazine groups is 1. The van der Waals surface area contributed by atoms with Crippen LogP contribution in [0, 0.1) is 0 Å². The number of rotatable bonds is 0. The molecule has 0 radical (unpaired) electrons. The molecule has 0 aliphatic carbocycles. The molecule has 0 aromatic heterocycles. The maximum Gasteiger partial charge on any atom is 0.177 e. The molecule has 0 heterocycles. The minimum Gasteiger partial charge on any atom is -0.397 e. The van der Waals surface area contributed by atoms with Crippen LogP contribution in [0.4, 0.5) is 0 Å². The van der Waals surface area contributed by atoms with Gasteiger partial charge < -0.3 is 16.3 Å². The van der Waals surface area contributed by atoms with Crippen LogP contribution >= 0.6 is 12.2 Å². The SMILES string of the molecule is CCO.NNC(N)=S. The van der Waals surface area contributed by atoms with Crippen LogP contribution in [0.5, 0.6) is 0 Å². The lowest BCUT2D eigenvalue weighted by molar-refractivity contribution is 0.318. The Labute approximate surface area is 53.8 Å². The number of hydrogen-bond acceptors (Lipinski definition) is 3. The smallest absolute Gasteiger partial charge is 0.177 e. The first-order chi connectivity index (χ1) is 3.68. The second-order valence-electron chi connectivity index (χ2n) is 0.825. The number of aliphatic hydroxyl groups is 1. The van der Waals surface area contributed by atoms with Gasteiger partial charge in [-0.05, 0) is 19.1 Å². The zero-order valence-corrected chi connectivity index (χ0v) is 5.53. The summed E-state index contributed by atoms with van der Waals surface area (Å²) in [7, 11) is 0. The predicted octanol–water partition coefficient (Wildman–Crippen LogP) is -1.31. The lowest BCUT2D eigenvalue weighted by atomic mass is 10.9. The molecule has 0 fully saturated rings. The zero-order chi connectivity index (χ0) is 6.99. The van der Waals surface area contributed by atoms with Crippen molar-refractivity contribution in [3.8, 4) is 0 Å². The van der Waals surface area contributed by atoms with Crippen LogP contribution in [0.3, 0.4) is 0 Å². The van der Waals surface area contributed by atoms with Gasteiger partial charge in [0.25, 0.3) is 0 Å². The molecule has 0 unspecified atom stereocenters. The predicted molar refractivity (Wildman–Crippen MR) is 36.9 cm³/mol. The van der Waals surface area contributed by atoms with Crippen molar-refractivity contribution in [2.75, 3.05) is 6.61 Å². The highest BCUT2D eigenvalue weighted by Gasteiger charge is 1.66. The van der Waals surface area contributed by atoms with E-state index in [1.807, 2.05) is 5.43 Å². The second-order valence-corrected chi connectivity index (χ2v) is 1.26. The van der Waals surface area contributed by atoms with Crippen molar-refractivity contribution in [1.82, 2.24) is 5.43 Å². The Balaban J connectivity index is 0. The van der Waals surface area contributed by atoms with Crippen LogP contribution < -0.4 is 17.0 Å². The molecule has 0 spiro atoms. The first-order valence-electron chi connectivity index (χ1n) is 2.05. The van der Waals surface area contributed by atoms with Crippen molar-refractivity contribution in [1.29, 1.82) is 0 Å². The fraction of sp³-hybridized carbons (Fsp3) is 0.667. The average Bonchev–Trinajstić information content (AvgIpc) is 1.69. The molecule has 0 saturated heterocycles. The van der Waals surface area contributed by atoms with E-state index in [9.17, 15) is 0 Å². The van der Waals surface area contributed by atoms with Crippen LogP contribution in [-0.4, -0.2) is 16.8 Å². The van der Waals surface area contributed by atoms with E-state index in [1.54, 1.807) is 6.92 Å². The monoisotopic (exact) mass is 137 g/mol. The molecule has 0 aliphatic heterocycles. The van der Waals surface area contributed by atoms with Gasteiger partial charge in [0.2, 0.25) is 0 Å². The van der Waals surface area contributed by atoms with E-state index in [0.717, 1.165) is 0 Å². The first-order valence-corrected chi connectivity index (χ1v) is 2.46. The number of nitrogens with two attached hydrogens (primary N) is 2. The topological polar surface area (TPSA) is 84.3 Å². The number of aliphatic hydroxyl groups excluding tert-OH is 1. The second kappa shape index (κ2) is 9.79. The summed E-state index contributed by atoms with van der Waals surface area (Å²) in [6.07, 6.45) is 0. The third-order valence-electron chi connectivity index (χ3n) is 0.142. The summed E-state index contributed by atoms with van der Waals surface area (Å²) in [5, 5.41) is 7.69. The van der Waals surface area contributed by atoms with E-state index < -0.39 is 0 Å². The molecule has 6 N–H and O–H groups in total. The quantitative estimate of drug-likeness (QED) is 0.189. The molecule has 0 saturated carbocycles. The Kier molecular flexibility index (Phi) is 12.9. The van der Waals surface area contributed by atoms with Gasteiger partial charge in [-0.1, -0.05) is 0 Å². The molecule has 50 valence electrons. The summed E-state index contributed by atoms with van der Waals surface area (Å²) in [5.41, 5.74) is 6.82. The molecule has 8 heavy (non-hydrogen) atoms. The Bertz CT molecular complexity index is 58.5. The van der Waals surface area contributed by atoms with E-state index in [1.165, 1.54) is 0 Å². The maximum atomic E-state index is 7.57. The molecule has 0 aromatic rings. The summed E-state index contributed by atoms with van der Waals surface area (Å²) in [4.78, 5) is 0. The fourth-order valence-corrected chi connectivity index (χ4v) is 0. The average molecular weight is 137 g/mol. The minimum absolute atomic E-state index is 0.116. The highest BCUT2D eigenvalue weighted by atomic mass is 32.1. The van der Waals surface area contributed by atoms with Crippen molar-refractivity contribution in [3.05, 3.63) is 0 Å². The number of nitrogens with one attached hydrogen (secondary N) is 1. The van der Waals surface area contributed by atoms with Gasteiger partial charge in [-0.15, -0.1) is 0 Å². The van der Waals surface area contributed by atoms with Crippen molar-refractivity contribution >= 4 is 17.3 Å². The molecular formula is C3H11N3OS. The Morgan fingerprint density at radius 1 is 1.88 bits per heavy atom. The minimum atomic E-state index is 0.116. The van der Waals surface area contributed by atoms with Crippen LogP contribution in [0.25, 0.3) is 0 Å². The summed E-state index contributed by atoms with van der Waals surface area (Å²) in [6.45, 7) is 1.93. The summed E-state index contributed by atoms with van der Waals surface area (Å²) < 4.78 is 0. The van der Waals surface area contributed by atoms with Gasteiger partial charge in [0.1, 0.15) is 0 Å². The van der Waals surface area contributed by atoms with Crippen LogP contribution in [0.2, 0.25) is 0 Å². The van der Waals surface area contributed by atoms with Crippen LogP contribution in [-0.2, 0) is 0 Å². The summed E-state index contributed by atoms with van der Waals surface area (Å²) >= 11 is 4.24. The van der Waals surface area contributed by atoms with Crippen LogP contribution in [0.1, 0.15) is 6.92 Å². The molecule has 0 atom stereocenters. The number of hydrogen-bond donors (Lipinski definition) is 4. The van der Waals surface area contributed by atoms with E-state index in [4.69, 9.17) is 10.8 Å². The van der Waals surface area contributed by atoms with Crippen molar-refractivity contribution in [2.24, 2.45) is 11.6 Å². The molecule has 5 heteroatoms. The molecular weight excluding hydrogens is 126 g/mol. The Hall–Kier alpha value is -0.390. The van der Waals surface area contributed by atoms with Gasteiger partial charge in [0.05, 0.1) is 0 Å². The van der Waals surface area contributed by atoms with Crippen molar-refractivity contribution in [2.45, 2.75) is 6.92 Å². The normalized spacial score (nSPS) is 6.38. The number of thiocarbonyl (C=S) groups is 1. The maximum absolute atomic E-state index is 7.57. The van der Waals surface area contributed by atoms with Gasteiger partial charge in [0, 0.05) is 6.61 Å². The summed E-state index contributed by atoms with van der Waals surface area (Å²) in [5.74, 6) is 4.66. The third-order valence-corrected chi connectivity index (χ3v) is 0.260. The van der Waals surface area contributed by atoms with Crippen molar-refractivity contribution in [3.63, 3.8) is 0 Å². The van der Waals surface area contributed by atoms with E-state index in [2.05, 4.69) is 18.1 Å². The largest absolute Gasteiger partial charge is 0.397 e. The zero-order valence-electron chi connectivity index (χ0n) is 4.72. The summed E-state index contributed by atoms with van der Waals surface area (Å²) in [6, 6.07) is 0. The molecule has 0 amide bonds. The Morgan fingerprint density at radius 2 is 2.00 bits per heavy atom. The van der Waals surface area contributed by atoms with Crippen LogP contribution in [0.15, 0.2) is 0 Å². The van der Waals surface area contributed by atoms with Crippen molar-refractivity contribution < 1.29 is 5.11 Å². The van der Waals surface area contributed by atoms with Gasteiger partial charge in [-0.3, -0.25) is 0 Å². The van der Waals surface area contributed by atoms with Gasteiger partial charge in [-0.25, -0.2) is 5.84 Å². The standard InChI is InChI=1S/C2H6O.CH5N3S/c1-2-3;2-1(5)4-3/h3H,2H2,1H3;3H2,(H3,2,4,5). The highest BCUT2D eigenvalue weighted by molar-refractivity contribution is 7.80. The lowest BCUT2D eigenvalue weighted by Gasteiger charge is -1.85.